The first-order chi connectivity index (χ1) is 7.93. The van der Waals surface area contributed by atoms with Gasteiger partial charge in [-0.3, -0.25) is 0 Å². The smallest absolute Gasteiger partial charge is 0.462 e. The van der Waals surface area contributed by atoms with Crippen molar-refractivity contribution >= 4 is 5.97 Å². The van der Waals surface area contributed by atoms with Crippen molar-refractivity contribution in [2.45, 2.75) is 20.1 Å². The van der Waals surface area contributed by atoms with Crippen LogP contribution in [-0.2, 0) is 4.74 Å². The number of hydrogen-bond donors (Lipinski definition) is 0. The molecule has 0 atom stereocenters. The van der Waals surface area contributed by atoms with Crippen molar-refractivity contribution < 1.29 is 27.8 Å². The van der Waals surface area contributed by atoms with Crippen LogP contribution in [0.4, 0.5) is 8.78 Å². The van der Waals surface area contributed by atoms with E-state index in [9.17, 15) is 13.6 Å². The Hall–Kier alpha value is -1.85. The molecule has 0 aliphatic carbocycles. The molecule has 0 radical (unpaired) electrons. The average molecular weight is 244 g/mol. The number of esters is 1. The van der Waals surface area contributed by atoms with Crippen LogP contribution in [0.3, 0.4) is 0 Å². The van der Waals surface area contributed by atoms with Crippen LogP contribution in [0, 0.1) is 6.92 Å². The first kappa shape index (κ1) is 11.6. The molecule has 0 saturated carbocycles. The molecule has 1 aliphatic rings. The van der Waals surface area contributed by atoms with Crippen molar-refractivity contribution in [3.05, 3.63) is 23.3 Å². The van der Waals surface area contributed by atoms with Gasteiger partial charge in [-0.15, -0.1) is 8.78 Å². The maximum atomic E-state index is 12.8. The summed E-state index contributed by atoms with van der Waals surface area (Å²) in [6.45, 7) is 3.48. The van der Waals surface area contributed by atoms with Gasteiger partial charge in [0.25, 0.3) is 0 Å². The largest absolute Gasteiger partial charge is 0.586 e. The van der Waals surface area contributed by atoms with Crippen LogP contribution in [0.15, 0.2) is 12.1 Å². The SMILES string of the molecule is CCOC(=O)c1cc2c(cc1C)OC(F)(F)O2. The highest BCUT2D eigenvalue weighted by Gasteiger charge is 2.44. The number of halogens is 2. The Labute approximate surface area is 96.1 Å². The first-order valence-corrected chi connectivity index (χ1v) is 5.00. The number of hydrogen-bond acceptors (Lipinski definition) is 4. The molecule has 1 heterocycles. The molecule has 0 fully saturated rings. The predicted molar refractivity (Wildman–Crippen MR) is 53.3 cm³/mol. The zero-order valence-corrected chi connectivity index (χ0v) is 9.25. The molecule has 92 valence electrons. The standard InChI is InChI=1S/C11H10F2O4/c1-3-15-10(14)7-5-9-8(4-6(7)2)16-11(12,13)17-9/h4-5H,3H2,1-2H3. The Bertz CT molecular complexity index is 471. The summed E-state index contributed by atoms with van der Waals surface area (Å²) in [5.41, 5.74) is 0.676. The lowest BCUT2D eigenvalue weighted by molar-refractivity contribution is -0.286. The molecule has 0 spiro atoms. The van der Waals surface area contributed by atoms with Crippen molar-refractivity contribution in [2.75, 3.05) is 6.61 Å². The lowest BCUT2D eigenvalue weighted by Gasteiger charge is -2.06. The Balaban J connectivity index is 2.37. The molecule has 0 unspecified atom stereocenters. The summed E-state index contributed by atoms with van der Waals surface area (Å²) in [5.74, 6) is -0.823. The first-order valence-electron chi connectivity index (χ1n) is 5.00. The molecule has 1 aliphatic heterocycles. The van der Waals surface area contributed by atoms with Crippen molar-refractivity contribution in [2.24, 2.45) is 0 Å². The summed E-state index contributed by atoms with van der Waals surface area (Å²) >= 11 is 0. The van der Waals surface area contributed by atoms with Gasteiger partial charge in [-0.05, 0) is 31.5 Å². The molecule has 0 N–H and O–H groups in total. The maximum Gasteiger partial charge on any atom is 0.586 e. The van der Waals surface area contributed by atoms with E-state index < -0.39 is 12.3 Å². The third-order valence-electron chi connectivity index (χ3n) is 2.24. The second kappa shape index (κ2) is 3.87. The Morgan fingerprint density at radius 2 is 1.94 bits per heavy atom. The Morgan fingerprint density at radius 1 is 1.35 bits per heavy atom. The highest BCUT2D eigenvalue weighted by Crippen LogP contribution is 2.42. The number of aryl methyl sites for hydroxylation is 1. The molecule has 1 aromatic rings. The Morgan fingerprint density at radius 3 is 2.53 bits per heavy atom. The van der Waals surface area contributed by atoms with Gasteiger partial charge in [0, 0.05) is 0 Å². The molecule has 1 aromatic carbocycles. The van der Waals surface area contributed by atoms with Crippen LogP contribution >= 0.6 is 0 Å². The van der Waals surface area contributed by atoms with Crippen LogP contribution in [0.25, 0.3) is 0 Å². The molecule has 2 rings (SSSR count). The lowest BCUT2D eigenvalue weighted by Crippen LogP contribution is -2.25. The molecule has 0 amide bonds. The summed E-state index contributed by atoms with van der Waals surface area (Å²) in [4.78, 5) is 11.5. The molecule has 17 heavy (non-hydrogen) atoms. The van der Waals surface area contributed by atoms with E-state index in [4.69, 9.17) is 4.74 Å². The summed E-state index contributed by atoms with van der Waals surface area (Å²) < 4.78 is 38.9. The maximum absolute atomic E-state index is 12.8. The van der Waals surface area contributed by atoms with E-state index in [-0.39, 0.29) is 23.7 Å². The quantitative estimate of drug-likeness (QED) is 0.750. The number of benzene rings is 1. The zero-order valence-electron chi connectivity index (χ0n) is 9.25. The van der Waals surface area contributed by atoms with Gasteiger partial charge in [-0.1, -0.05) is 0 Å². The zero-order chi connectivity index (χ0) is 12.6. The molecular weight excluding hydrogens is 234 g/mol. The summed E-state index contributed by atoms with van der Waals surface area (Å²) in [7, 11) is 0. The van der Waals surface area contributed by atoms with Crippen molar-refractivity contribution in [1.29, 1.82) is 0 Å². The van der Waals surface area contributed by atoms with Crippen LogP contribution in [0.2, 0.25) is 0 Å². The fourth-order valence-corrected chi connectivity index (χ4v) is 1.53. The summed E-state index contributed by atoms with van der Waals surface area (Å²) in [5, 5.41) is 0. The van der Waals surface area contributed by atoms with Crippen molar-refractivity contribution in [3.8, 4) is 11.5 Å². The van der Waals surface area contributed by atoms with Crippen LogP contribution in [-0.4, -0.2) is 18.9 Å². The van der Waals surface area contributed by atoms with Gasteiger partial charge in [-0.2, -0.15) is 0 Å². The molecule has 0 aromatic heterocycles. The average Bonchev–Trinajstić information content (AvgIpc) is 2.50. The highest BCUT2D eigenvalue weighted by molar-refractivity contribution is 5.92. The number of rotatable bonds is 2. The van der Waals surface area contributed by atoms with Crippen molar-refractivity contribution in [1.82, 2.24) is 0 Å². The Kier molecular flexibility index (Phi) is 2.65. The van der Waals surface area contributed by atoms with Gasteiger partial charge in [0.1, 0.15) is 0 Å². The third-order valence-corrected chi connectivity index (χ3v) is 2.24. The topological polar surface area (TPSA) is 44.8 Å². The van der Waals surface area contributed by atoms with Crippen LogP contribution in [0.5, 0.6) is 11.5 Å². The third kappa shape index (κ3) is 2.15. The summed E-state index contributed by atoms with van der Waals surface area (Å²) in [6.07, 6.45) is -3.68. The van der Waals surface area contributed by atoms with Gasteiger partial charge in [-0.25, -0.2) is 4.79 Å². The normalized spacial score (nSPS) is 15.8. The lowest BCUT2D eigenvalue weighted by atomic mass is 10.1. The second-order valence-corrected chi connectivity index (χ2v) is 3.50. The van der Waals surface area contributed by atoms with E-state index in [2.05, 4.69) is 9.47 Å². The minimum absolute atomic E-state index is 0.0828. The van der Waals surface area contributed by atoms with Crippen molar-refractivity contribution in [3.63, 3.8) is 0 Å². The van der Waals surface area contributed by atoms with Gasteiger partial charge in [0.2, 0.25) is 0 Å². The van der Waals surface area contributed by atoms with Gasteiger partial charge < -0.3 is 14.2 Å². The number of carbonyl (C=O) groups is 1. The molecular formula is C11H10F2O4. The van der Waals surface area contributed by atoms with E-state index >= 15 is 0 Å². The second-order valence-electron chi connectivity index (χ2n) is 3.50. The predicted octanol–water partition coefficient (Wildman–Crippen LogP) is 2.49. The van der Waals surface area contributed by atoms with Crippen LogP contribution < -0.4 is 9.47 Å². The minimum atomic E-state index is -3.68. The number of fused-ring (bicyclic) bond motifs is 1. The molecule has 4 nitrogen and oxygen atoms in total. The monoisotopic (exact) mass is 244 g/mol. The molecule has 6 heteroatoms. The van der Waals surface area contributed by atoms with E-state index in [1.807, 2.05) is 0 Å². The fraction of sp³-hybridized carbons (Fsp3) is 0.364. The molecule has 0 bridgehead atoms. The van der Waals surface area contributed by atoms with E-state index in [1.165, 1.54) is 12.1 Å². The fourth-order valence-electron chi connectivity index (χ4n) is 1.53. The molecule has 0 saturated heterocycles. The number of carbonyl (C=O) groups excluding carboxylic acids is 1. The van der Waals surface area contributed by atoms with Gasteiger partial charge >= 0.3 is 12.3 Å². The minimum Gasteiger partial charge on any atom is -0.462 e. The van der Waals surface area contributed by atoms with E-state index in [0.717, 1.165) is 0 Å². The van der Waals surface area contributed by atoms with Gasteiger partial charge in [0.15, 0.2) is 11.5 Å². The van der Waals surface area contributed by atoms with E-state index in [0.29, 0.717) is 5.56 Å². The highest BCUT2D eigenvalue weighted by atomic mass is 19.3. The van der Waals surface area contributed by atoms with Gasteiger partial charge in [0.05, 0.1) is 12.2 Å². The number of ether oxygens (including phenoxy) is 3. The number of alkyl halides is 2. The summed E-state index contributed by atoms with van der Waals surface area (Å²) in [6, 6.07) is 2.52. The van der Waals surface area contributed by atoms with E-state index in [1.54, 1.807) is 13.8 Å². The van der Waals surface area contributed by atoms with Crippen LogP contribution in [0.1, 0.15) is 22.8 Å².